The van der Waals surface area contributed by atoms with Crippen molar-refractivity contribution in [3.8, 4) is 5.69 Å². The summed E-state index contributed by atoms with van der Waals surface area (Å²) in [6.45, 7) is 4.00. The molecule has 94 valence electrons. The van der Waals surface area contributed by atoms with Crippen molar-refractivity contribution >= 4 is 21.9 Å². The summed E-state index contributed by atoms with van der Waals surface area (Å²) in [5.41, 5.74) is 2.18. The first-order valence-corrected chi connectivity index (χ1v) is 6.40. The lowest BCUT2D eigenvalue weighted by Crippen LogP contribution is -2.06. The third-order valence-electron chi connectivity index (χ3n) is 2.58. The van der Waals surface area contributed by atoms with Gasteiger partial charge in [0.1, 0.15) is 5.56 Å². The van der Waals surface area contributed by atoms with Gasteiger partial charge in [-0.15, -0.1) is 0 Å². The van der Waals surface area contributed by atoms with Gasteiger partial charge >= 0.3 is 5.97 Å². The second-order valence-corrected chi connectivity index (χ2v) is 4.67. The van der Waals surface area contributed by atoms with Crippen LogP contribution in [0, 0.1) is 6.92 Å². The summed E-state index contributed by atoms with van der Waals surface area (Å²) in [7, 11) is 0. The highest BCUT2D eigenvalue weighted by atomic mass is 79.9. The Morgan fingerprint density at radius 3 is 2.67 bits per heavy atom. The summed E-state index contributed by atoms with van der Waals surface area (Å²) in [5, 5.41) is 4.22. The first-order chi connectivity index (χ1) is 8.63. The second-order valence-electron chi connectivity index (χ2n) is 3.75. The number of nitrogens with zero attached hydrogens (tertiary/aromatic N) is 2. The van der Waals surface area contributed by atoms with Crippen LogP contribution in [0.25, 0.3) is 5.69 Å². The minimum Gasteiger partial charge on any atom is -0.462 e. The number of hydrogen-bond acceptors (Lipinski definition) is 3. The molecule has 0 fully saturated rings. The van der Waals surface area contributed by atoms with Crippen molar-refractivity contribution in [2.45, 2.75) is 13.8 Å². The van der Waals surface area contributed by atoms with Gasteiger partial charge in [-0.1, -0.05) is 15.9 Å². The fourth-order valence-electron chi connectivity index (χ4n) is 1.66. The molecule has 0 atom stereocenters. The van der Waals surface area contributed by atoms with Gasteiger partial charge < -0.3 is 4.74 Å². The van der Waals surface area contributed by atoms with Crippen LogP contribution < -0.4 is 0 Å². The first kappa shape index (κ1) is 12.8. The van der Waals surface area contributed by atoms with E-state index >= 15 is 0 Å². The van der Waals surface area contributed by atoms with Gasteiger partial charge in [0.15, 0.2) is 0 Å². The van der Waals surface area contributed by atoms with Gasteiger partial charge in [0.25, 0.3) is 0 Å². The maximum atomic E-state index is 11.7. The first-order valence-electron chi connectivity index (χ1n) is 5.61. The van der Waals surface area contributed by atoms with Crippen molar-refractivity contribution < 1.29 is 9.53 Å². The highest BCUT2D eigenvalue weighted by Gasteiger charge is 2.15. The zero-order valence-corrected chi connectivity index (χ0v) is 11.8. The van der Waals surface area contributed by atoms with Crippen molar-refractivity contribution in [3.05, 3.63) is 46.2 Å². The van der Waals surface area contributed by atoms with Gasteiger partial charge in [-0.3, -0.25) is 0 Å². The smallest absolute Gasteiger partial charge is 0.341 e. The summed E-state index contributed by atoms with van der Waals surface area (Å²) >= 11 is 3.38. The number of carbonyl (C=O) groups excluding carboxylic acids is 1. The predicted octanol–water partition coefficient (Wildman–Crippen LogP) is 3.12. The molecule has 1 aromatic carbocycles. The van der Waals surface area contributed by atoms with E-state index in [2.05, 4.69) is 21.0 Å². The number of halogens is 1. The van der Waals surface area contributed by atoms with E-state index in [4.69, 9.17) is 4.74 Å². The molecule has 4 nitrogen and oxygen atoms in total. The summed E-state index contributed by atoms with van der Waals surface area (Å²) in [6, 6.07) is 7.72. The molecule has 0 aliphatic heterocycles. The van der Waals surface area contributed by atoms with E-state index in [0.717, 1.165) is 15.9 Å². The standard InChI is InChI=1S/C13H13BrN2O2/c1-3-18-13(17)12-8-15-16(9(12)2)11-6-4-10(14)5-7-11/h4-8H,3H2,1-2H3. The van der Waals surface area contributed by atoms with E-state index in [-0.39, 0.29) is 5.97 Å². The van der Waals surface area contributed by atoms with Crippen LogP contribution >= 0.6 is 15.9 Å². The summed E-state index contributed by atoms with van der Waals surface area (Å²) in [5.74, 6) is -0.335. The third kappa shape index (κ3) is 2.46. The molecule has 0 unspecified atom stereocenters. The number of hydrogen-bond donors (Lipinski definition) is 0. The average molecular weight is 309 g/mol. The molecular formula is C13H13BrN2O2. The van der Waals surface area contributed by atoms with Crippen LogP contribution in [-0.4, -0.2) is 22.4 Å². The van der Waals surface area contributed by atoms with Crippen LogP contribution in [0.2, 0.25) is 0 Å². The van der Waals surface area contributed by atoms with E-state index in [9.17, 15) is 4.79 Å². The third-order valence-corrected chi connectivity index (χ3v) is 3.11. The molecule has 0 spiro atoms. The second kappa shape index (κ2) is 5.35. The van der Waals surface area contributed by atoms with E-state index in [1.807, 2.05) is 31.2 Å². The summed E-state index contributed by atoms with van der Waals surface area (Å²) < 4.78 is 7.70. The van der Waals surface area contributed by atoms with E-state index in [1.54, 1.807) is 11.6 Å². The Balaban J connectivity index is 2.36. The molecule has 0 saturated heterocycles. The topological polar surface area (TPSA) is 44.1 Å². The highest BCUT2D eigenvalue weighted by molar-refractivity contribution is 9.10. The lowest BCUT2D eigenvalue weighted by Gasteiger charge is -2.05. The van der Waals surface area contributed by atoms with Gasteiger partial charge in [-0.25, -0.2) is 9.48 Å². The molecular weight excluding hydrogens is 296 g/mol. The average Bonchev–Trinajstić information content (AvgIpc) is 2.73. The largest absolute Gasteiger partial charge is 0.462 e. The molecule has 1 heterocycles. The van der Waals surface area contributed by atoms with Crippen molar-refractivity contribution in [1.82, 2.24) is 9.78 Å². The van der Waals surface area contributed by atoms with Gasteiger partial charge in [-0.05, 0) is 38.1 Å². The van der Waals surface area contributed by atoms with Crippen LogP contribution in [0.4, 0.5) is 0 Å². The molecule has 18 heavy (non-hydrogen) atoms. The Morgan fingerprint density at radius 1 is 1.39 bits per heavy atom. The molecule has 0 N–H and O–H groups in total. The molecule has 0 radical (unpaired) electrons. The van der Waals surface area contributed by atoms with Gasteiger partial charge in [0.2, 0.25) is 0 Å². The van der Waals surface area contributed by atoms with Crippen LogP contribution in [0.15, 0.2) is 34.9 Å². The molecule has 0 bridgehead atoms. The maximum absolute atomic E-state index is 11.7. The highest BCUT2D eigenvalue weighted by Crippen LogP contribution is 2.17. The summed E-state index contributed by atoms with van der Waals surface area (Å²) in [4.78, 5) is 11.7. The molecule has 2 rings (SSSR count). The molecule has 0 aliphatic carbocycles. The molecule has 5 heteroatoms. The Labute approximate surface area is 114 Å². The Hall–Kier alpha value is -1.62. The van der Waals surface area contributed by atoms with E-state index < -0.39 is 0 Å². The van der Waals surface area contributed by atoms with Gasteiger partial charge in [-0.2, -0.15) is 5.10 Å². The van der Waals surface area contributed by atoms with Crippen LogP contribution in [0.1, 0.15) is 23.0 Å². The van der Waals surface area contributed by atoms with Crippen LogP contribution in [0.5, 0.6) is 0 Å². The molecule has 1 aromatic heterocycles. The van der Waals surface area contributed by atoms with Crippen molar-refractivity contribution in [1.29, 1.82) is 0 Å². The zero-order chi connectivity index (χ0) is 13.1. The Morgan fingerprint density at radius 2 is 2.06 bits per heavy atom. The van der Waals surface area contributed by atoms with Gasteiger partial charge in [0, 0.05) is 4.47 Å². The fourth-order valence-corrected chi connectivity index (χ4v) is 1.93. The Kier molecular flexibility index (Phi) is 3.81. The number of benzene rings is 1. The maximum Gasteiger partial charge on any atom is 0.341 e. The minimum absolute atomic E-state index is 0.335. The van der Waals surface area contributed by atoms with Crippen molar-refractivity contribution in [2.75, 3.05) is 6.61 Å². The normalized spacial score (nSPS) is 10.4. The monoisotopic (exact) mass is 308 g/mol. The summed E-state index contributed by atoms with van der Waals surface area (Å²) in [6.07, 6.45) is 1.54. The quantitative estimate of drug-likeness (QED) is 0.818. The van der Waals surface area contributed by atoms with Gasteiger partial charge in [0.05, 0.1) is 24.2 Å². The molecule has 2 aromatic rings. The lowest BCUT2D eigenvalue weighted by atomic mass is 10.2. The minimum atomic E-state index is -0.335. The fraction of sp³-hybridized carbons (Fsp3) is 0.231. The molecule has 0 aliphatic rings. The number of carbonyl (C=O) groups is 1. The zero-order valence-electron chi connectivity index (χ0n) is 10.2. The number of ether oxygens (including phenoxy) is 1. The number of aromatic nitrogens is 2. The Bertz CT molecular complexity index is 561. The molecule has 0 amide bonds. The number of rotatable bonds is 3. The number of esters is 1. The predicted molar refractivity (Wildman–Crippen MR) is 72.0 cm³/mol. The van der Waals surface area contributed by atoms with E-state index in [0.29, 0.717) is 12.2 Å². The van der Waals surface area contributed by atoms with Crippen molar-refractivity contribution in [3.63, 3.8) is 0 Å². The SMILES string of the molecule is CCOC(=O)c1cnn(-c2ccc(Br)cc2)c1C. The van der Waals surface area contributed by atoms with E-state index in [1.165, 1.54) is 6.20 Å². The van der Waals surface area contributed by atoms with Crippen LogP contribution in [-0.2, 0) is 4.74 Å². The van der Waals surface area contributed by atoms with Crippen molar-refractivity contribution in [2.24, 2.45) is 0 Å². The van der Waals surface area contributed by atoms with Crippen LogP contribution in [0.3, 0.4) is 0 Å². The lowest BCUT2D eigenvalue weighted by molar-refractivity contribution is 0.0525. The molecule has 0 saturated carbocycles.